The van der Waals surface area contributed by atoms with Crippen LogP contribution in [0.25, 0.3) is 0 Å². The lowest BCUT2D eigenvalue weighted by atomic mass is 10.7. The highest BCUT2D eigenvalue weighted by Gasteiger charge is 1.80. The summed E-state index contributed by atoms with van der Waals surface area (Å²) in [6, 6.07) is 1.03. The Morgan fingerprint density at radius 3 is 2.00 bits per heavy atom. The third-order valence-electron chi connectivity index (χ3n) is 0.150. The third-order valence-corrected chi connectivity index (χ3v) is 0.150. The molecule has 0 bridgehead atoms. The minimum Gasteiger partial charge on any atom is -0.192 e. The standard InChI is InChI=1S/C3F2N/c4-3(5)1-2-6. The largest absolute Gasteiger partial charge is 0.289 e. The molecule has 0 aliphatic carbocycles. The topological polar surface area (TPSA) is 23.8 Å². The molecule has 0 aromatic heterocycles. The van der Waals surface area contributed by atoms with E-state index in [4.69, 9.17) is 5.26 Å². The van der Waals surface area contributed by atoms with E-state index < -0.39 is 6.08 Å². The van der Waals surface area contributed by atoms with E-state index in [-0.39, 0.29) is 0 Å². The summed E-state index contributed by atoms with van der Waals surface area (Å²) in [4.78, 5) is 0. The van der Waals surface area contributed by atoms with Crippen molar-refractivity contribution in [2.45, 2.75) is 0 Å². The maximum Gasteiger partial charge on any atom is 0.289 e. The molecule has 0 aliphatic rings. The van der Waals surface area contributed by atoms with E-state index in [0.717, 1.165) is 12.1 Å². The molecule has 0 spiro atoms. The molecule has 0 rings (SSSR count). The molecule has 0 amide bonds. The lowest BCUT2D eigenvalue weighted by molar-refractivity contribution is 0.419. The molecule has 0 saturated carbocycles. The van der Waals surface area contributed by atoms with Crippen LogP contribution < -0.4 is 0 Å². The zero-order valence-electron chi connectivity index (χ0n) is 2.70. The van der Waals surface area contributed by atoms with Gasteiger partial charge < -0.3 is 0 Å². The quantitative estimate of drug-likeness (QED) is 0.406. The molecule has 0 aliphatic heterocycles. The Kier molecular flexibility index (Phi) is 1.98. The normalized spacial score (nSPS) is 6.17. The van der Waals surface area contributed by atoms with E-state index in [1.54, 1.807) is 0 Å². The summed E-state index contributed by atoms with van der Waals surface area (Å²) >= 11 is 0. The molecule has 0 aromatic carbocycles. The highest BCUT2D eigenvalue weighted by Crippen LogP contribution is 1.91. The van der Waals surface area contributed by atoms with Crippen molar-refractivity contribution in [1.29, 1.82) is 5.26 Å². The van der Waals surface area contributed by atoms with Crippen molar-refractivity contribution in [2.24, 2.45) is 0 Å². The van der Waals surface area contributed by atoms with E-state index in [1.165, 1.54) is 0 Å². The first-order chi connectivity index (χ1) is 2.77. The molecule has 0 atom stereocenters. The number of nitriles is 1. The van der Waals surface area contributed by atoms with Gasteiger partial charge in [-0.25, -0.2) is 0 Å². The molecule has 0 saturated heterocycles. The number of allylic oxidation sites excluding steroid dienone is 1. The fourth-order valence-corrected chi connectivity index (χ4v) is 0.0423. The Balaban J connectivity index is 3.51. The van der Waals surface area contributed by atoms with Crippen LogP contribution in [0.2, 0.25) is 0 Å². The van der Waals surface area contributed by atoms with Crippen LogP contribution in [0.15, 0.2) is 6.08 Å². The van der Waals surface area contributed by atoms with Crippen molar-refractivity contribution in [2.75, 3.05) is 0 Å². The van der Waals surface area contributed by atoms with Crippen LogP contribution >= 0.6 is 0 Å². The molecule has 6 heavy (non-hydrogen) atoms. The van der Waals surface area contributed by atoms with E-state index in [2.05, 4.69) is 0 Å². The Labute approximate surface area is 33.5 Å². The summed E-state index contributed by atoms with van der Waals surface area (Å²) in [7, 11) is 0. The van der Waals surface area contributed by atoms with E-state index in [0.29, 0.717) is 0 Å². The summed E-state index contributed by atoms with van der Waals surface area (Å²) in [5.74, 6) is 0. The van der Waals surface area contributed by atoms with Crippen molar-refractivity contribution < 1.29 is 8.78 Å². The average molecular weight is 88.0 g/mol. The summed E-state index contributed by atoms with van der Waals surface area (Å²) in [6.45, 7) is 0. The van der Waals surface area contributed by atoms with Gasteiger partial charge in [0.15, 0.2) is 0 Å². The molecule has 0 unspecified atom stereocenters. The van der Waals surface area contributed by atoms with E-state index in [1.807, 2.05) is 0 Å². The zero-order valence-corrected chi connectivity index (χ0v) is 2.70. The number of hydrogen-bond donors (Lipinski definition) is 0. The Bertz CT molecular complexity index is 95.9. The fourth-order valence-electron chi connectivity index (χ4n) is 0.0423. The second-order valence-electron chi connectivity index (χ2n) is 0.497. The lowest BCUT2D eigenvalue weighted by Gasteiger charge is -1.59. The van der Waals surface area contributed by atoms with Crippen molar-refractivity contribution in [3.05, 3.63) is 12.2 Å². The highest BCUT2D eigenvalue weighted by atomic mass is 19.3. The minimum atomic E-state index is -2.07. The maximum atomic E-state index is 10.6. The molecular formula is C3F2N. The Morgan fingerprint density at radius 2 is 2.00 bits per heavy atom. The van der Waals surface area contributed by atoms with Gasteiger partial charge >= 0.3 is 0 Å². The van der Waals surface area contributed by atoms with Crippen molar-refractivity contribution in [3.63, 3.8) is 0 Å². The van der Waals surface area contributed by atoms with Gasteiger partial charge in [-0.1, -0.05) is 0 Å². The van der Waals surface area contributed by atoms with Gasteiger partial charge in [-0.05, 0) is 0 Å². The number of hydrogen-bond acceptors (Lipinski definition) is 1. The summed E-state index contributed by atoms with van der Waals surface area (Å²) in [6.07, 6.45) is -0.975. The molecule has 31 valence electrons. The number of halogens is 2. The van der Waals surface area contributed by atoms with Gasteiger partial charge in [-0.2, -0.15) is 14.0 Å². The SMILES string of the molecule is N#C[C]=C(F)F. The van der Waals surface area contributed by atoms with Crippen LogP contribution in [0.4, 0.5) is 8.78 Å². The summed E-state index contributed by atoms with van der Waals surface area (Å²) in [5.41, 5.74) is 0. The first-order valence-electron chi connectivity index (χ1n) is 1.10. The van der Waals surface area contributed by atoms with Gasteiger partial charge in [0.25, 0.3) is 6.08 Å². The van der Waals surface area contributed by atoms with Crippen molar-refractivity contribution in [1.82, 2.24) is 0 Å². The van der Waals surface area contributed by atoms with Gasteiger partial charge in [-0.15, -0.1) is 0 Å². The first-order valence-corrected chi connectivity index (χ1v) is 1.10. The Morgan fingerprint density at radius 1 is 1.50 bits per heavy atom. The predicted molar refractivity (Wildman–Crippen MR) is 14.6 cm³/mol. The van der Waals surface area contributed by atoms with Gasteiger partial charge in [0.2, 0.25) is 0 Å². The van der Waals surface area contributed by atoms with Crippen molar-refractivity contribution in [3.8, 4) is 6.07 Å². The van der Waals surface area contributed by atoms with Crippen LogP contribution in [0, 0.1) is 17.4 Å². The third kappa shape index (κ3) is 3.09. The number of rotatable bonds is 0. The zero-order chi connectivity index (χ0) is 4.99. The predicted octanol–water partition coefficient (Wildman–Crippen LogP) is 1.09. The van der Waals surface area contributed by atoms with Crippen LogP contribution in [0.5, 0.6) is 0 Å². The smallest absolute Gasteiger partial charge is 0.192 e. The van der Waals surface area contributed by atoms with Crippen molar-refractivity contribution >= 4 is 0 Å². The van der Waals surface area contributed by atoms with Crippen LogP contribution in [0.3, 0.4) is 0 Å². The van der Waals surface area contributed by atoms with Gasteiger partial charge in [0, 0.05) is 0 Å². The van der Waals surface area contributed by atoms with Crippen LogP contribution in [-0.4, -0.2) is 0 Å². The number of nitrogens with zero attached hydrogens (tertiary/aromatic N) is 1. The minimum absolute atomic E-state index is 1.03. The molecule has 0 heterocycles. The summed E-state index contributed by atoms with van der Waals surface area (Å²) < 4.78 is 21.2. The lowest BCUT2D eigenvalue weighted by Crippen LogP contribution is -1.50. The molecule has 0 N–H and O–H groups in total. The molecule has 1 radical (unpaired) electrons. The molecule has 3 heteroatoms. The molecular weight excluding hydrogens is 88.0 g/mol. The van der Waals surface area contributed by atoms with Gasteiger partial charge in [0.05, 0.1) is 0 Å². The molecule has 0 fully saturated rings. The maximum absolute atomic E-state index is 10.6. The average Bonchev–Trinajstić information content (AvgIpc) is 1.35. The molecule has 0 aromatic rings. The fraction of sp³-hybridized carbons (Fsp3) is 0. The Hall–Kier alpha value is -0.910. The first kappa shape index (κ1) is 5.09. The summed E-state index contributed by atoms with van der Waals surface area (Å²) in [5, 5.41) is 7.37. The van der Waals surface area contributed by atoms with Gasteiger partial charge in [-0.3, -0.25) is 0 Å². The van der Waals surface area contributed by atoms with E-state index >= 15 is 0 Å². The monoisotopic (exact) mass is 88.0 g/mol. The second-order valence-corrected chi connectivity index (χ2v) is 0.497. The van der Waals surface area contributed by atoms with Gasteiger partial charge in [0.1, 0.15) is 12.1 Å². The van der Waals surface area contributed by atoms with Crippen LogP contribution in [0.1, 0.15) is 0 Å². The van der Waals surface area contributed by atoms with Crippen LogP contribution in [-0.2, 0) is 0 Å². The second kappa shape index (κ2) is 2.33. The highest BCUT2D eigenvalue weighted by molar-refractivity contribution is 4.91. The van der Waals surface area contributed by atoms with E-state index in [9.17, 15) is 8.78 Å². The molecule has 1 nitrogen and oxygen atoms in total.